The molecule has 0 spiro atoms. The molecule has 0 saturated heterocycles. The first-order chi connectivity index (χ1) is 5.73. The number of alkyl halides is 3. The highest BCUT2D eigenvalue weighted by Gasteiger charge is 2.50. The maximum atomic E-state index is 12.1. The first-order valence-electron chi connectivity index (χ1n) is 2.84. The van der Waals surface area contributed by atoms with Crippen molar-refractivity contribution in [2.45, 2.75) is 9.85 Å². The van der Waals surface area contributed by atoms with Gasteiger partial charge in [0.15, 0.2) is 0 Å². The van der Waals surface area contributed by atoms with Crippen molar-refractivity contribution in [2.75, 3.05) is 6.26 Å². The summed E-state index contributed by atoms with van der Waals surface area (Å²) in [6, 6.07) is 0. The van der Waals surface area contributed by atoms with Crippen LogP contribution in [0.5, 0.6) is 0 Å². The van der Waals surface area contributed by atoms with Crippen LogP contribution in [-0.4, -0.2) is 24.9 Å². The highest BCUT2D eigenvalue weighted by atomic mass is 32.3. The van der Waals surface area contributed by atoms with E-state index in [4.69, 9.17) is 0 Å². The molecule has 1 heterocycles. The smallest absolute Gasteiger partial charge is 0.217 e. The second-order valence-electron chi connectivity index (χ2n) is 2.14. The molecule has 0 aliphatic rings. The van der Waals surface area contributed by atoms with Crippen LogP contribution < -0.4 is 0 Å². The van der Waals surface area contributed by atoms with Crippen LogP contribution in [0, 0.1) is 0 Å². The summed E-state index contributed by atoms with van der Waals surface area (Å²) in [5, 5.41) is 5.90. The molecule has 9 heteroatoms. The van der Waals surface area contributed by atoms with Gasteiger partial charge in [-0.25, -0.2) is 8.42 Å². The minimum Gasteiger partial charge on any atom is -0.217 e. The van der Waals surface area contributed by atoms with Crippen molar-refractivity contribution in [3.05, 3.63) is 5.51 Å². The van der Waals surface area contributed by atoms with Crippen molar-refractivity contribution in [3.63, 3.8) is 0 Å². The van der Waals surface area contributed by atoms with Crippen LogP contribution in [0.2, 0.25) is 0 Å². The Morgan fingerprint density at radius 3 is 2.31 bits per heavy atom. The van der Waals surface area contributed by atoms with E-state index in [0.29, 0.717) is 11.8 Å². The molecule has 1 atom stereocenters. The highest BCUT2D eigenvalue weighted by Crippen LogP contribution is 2.44. The van der Waals surface area contributed by atoms with Gasteiger partial charge < -0.3 is 0 Å². The Morgan fingerprint density at radius 2 is 2.00 bits per heavy atom. The van der Waals surface area contributed by atoms with Gasteiger partial charge in [0, 0.05) is 6.26 Å². The normalized spacial score (nSPS) is 14.6. The molecule has 0 aliphatic heterocycles. The molecule has 0 aromatic carbocycles. The van der Waals surface area contributed by atoms with Crippen molar-refractivity contribution in [1.82, 2.24) is 10.2 Å². The van der Waals surface area contributed by atoms with Gasteiger partial charge in [0.2, 0.25) is 9.84 Å². The van der Waals surface area contributed by atoms with Crippen molar-refractivity contribution < 1.29 is 21.6 Å². The van der Waals surface area contributed by atoms with Gasteiger partial charge in [-0.05, 0) is 0 Å². The van der Waals surface area contributed by atoms with E-state index >= 15 is 0 Å². The van der Waals surface area contributed by atoms with Crippen molar-refractivity contribution >= 4 is 20.3 Å². The Balaban J connectivity index is 3.35. The topological polar surface area (TPSA) is 59.9 Å². The molecule has 0 saturated carbocycles. The number of hydrogen-bond acceptors (Lipinski definition) is 4. The third-order valence-corrected chi connectivity index (χ3v) is 4.47. The zero-order chi connectivity index (χ0) is 10.3. The molecule has 1 aromatic heterocycles. The lowest BCUT2D eigenvalue weighted by Crippen LogP contribution is -2.03. The number of rotatable bonds is 1. The monoisotopic (exact) mass is 233 g/mol. The molecule has 74 valence electrons. The number of aromatic nitrogens is 2. The lowest BCUT2D eigenvalue weighted by atomic mass is 11.5. The quantitative estimate of drug-likeness (QED) is 0.681. The number of hydrogen-bond donors (Lipinski definition) is 0. The summed E-state index contributed by atoms with van der Waals surface area (Å²) in [5.41, 5.74) is -4.13. The van der Waals surface area contributed by atoms with Crippen LogP contribution in [0.15, 0.2) is 9.85 Å². The van der Waals surface area contributed by atoms with Crippen molar-refractivity contribution in [1.29, 1.82) is 0 Å². The summed E-state index contributed by atoms with van der Waals surface area (Å²) in [7, 11) is -6.40. The van der Waals surface area contributed by atoms with Crippen LogP contribution in [-0.2, 0) is 15.3 Å². The minimum atomic E-state index is -4.62. The number of sulfone groups is 1. The summed E-state index contributed by atoms with van der Waals surface area (Å²) in [6.45, 7) is 0. The summed E-state index contributed by atoms with van der Waals surface area (Å²) in [4.78, 5) is 0. The van der Waals surface area contributed by atoms with Crippen LogP contribution in [0.25, 0.3) is 0 Å². The summed E-state index contributed by atoms with van der Waals surface area (Å²) < 4.78 is 57.0. The van der Waals surface area contributed by atoms with Crippen molar-refractivity contribution in [2.24, 2.45) is 0 Å². The average Bonchev–Trinajstić information content (AvgIpc) is 2.27. The van der Waals surface area contributed by atoms with E-state index < -0.39 is 30.2 Å². The van der Waals surface area contributed by atoms with Gasteiger partial charge in [-0.2, -0.15) is 0 Å². The molecule has 1 unspecified atom stereocenters. The van der Waals surface area contributed by atoms with Gasteiger partial charge in [0.1, 0.15) is 10.5 Å². The largest absolute Gasteiger partial charge is 0.604 e. The molecule has 0 N–H and O–H groups in total. The standard InChI is InChI=1S/C4H4F3N2O2S2/c1-13(10,11)3-9-8-2-12(3)4(5,6)7/h2H,1H3/q+1. The van der Waals surface area contributed by atoms with Gasteiger partial charge in [0.25, 0.3) is 5.51 Å². The maximum absolute atomic E-state index is 12.1. The van der Waals surface area contributed by atoms with Crippen LogP contribution in [0.1, 0.15) is 0 Å². The first-order valence-corrected chi connectivity index (χ1v) is 6.02. The summed E-state index contributed by atoms with van der Waals surface area (Å²) >= 11 is 0. The average molecular weight is 233 g/mol. The van der Waals surface area contributed by atoms with E-state index in [1.54, 1.807) is 0 Å². The molecule has 1 aromatic rings. The van der Waals surface area contributed by atoms with Crippen LogP contribution in [0.4, 0.5) is 13.2 Å². The second-order valence-corrected chi connectivity index (χ2v) is 6.07. The molecule has 4 nitrogen and oxygen atoms in total. The van der Waals surface area contributed by atoms with E-state index in [1.165, 1.54) is 0 Å². The molecule has 0 fully saturated rings. The number of halogens is 3. The highest BCUT2D eigenvalue weighted by molar-refractivity contribution is 7.93. The van der Waals surface area contributed by atoms with E-state index in [-0.39, 0.29) is 0 Å². The Morgan fingerprint density at radius 1 is 1.46 bits per heavy atom. The second kappa shape index (κ2) is 2.91. The molecule has 0 aliphatic carbocycles. The molecular weight excluding hydrogens is 229 g/mol. The summed E-state index contributed by atoms with van der Waals surface area (Å²) in [5.74, 6) is 0. The predicted molar refractivity (Wildman–Crippen MR) is 38.9 cm³/mol. The van der Waals surface area contributed by atoms with Gasteiger partial charge in [0.05, 0.1) is 0 Å². The molecule has 0 radical (unpaired) electrons. The van der Waals surface area contributed by atoms with Crippen molar-refractivity contribution in [3.8, 4) is 0 Å². The van der Waals surface area contributed by atoms with E-state index in [9.17, 15) is 21.6 Å². The van der Waals surface area contributed by atoms with E-state index in [0.717, 1.165) is 0 Å². The SMILES string of the molecule is CS(=O)(=O)c1nnc[s+]1C(F)(F)F. The molecular formula is C4H4F3N2O2S2+. The Kier molecular flexibility index (Phi) is 2.32. The van der Waals surface area contributed by atoms with Gasteiger partial charge >= 0.3 is 9.85 Å². The van der Waals surface area contributed by atoms with E-state index in [2.05, 4.69) is 10.2 Å². The molecule has 0 bridgehead atoms. The van der Waals surface area contributed by atoms with E-state index in [1.807, 2.05) is 0 Å². The first kappa shape index (κ1) is 10.4. The Bertz CT molecular complexity index is 407. The fraction of sp³-hybridized carbons (Fsp3) is 0.500. The Labute approximate surface area is 74.3 Å². The third-order valence-electron chi connectivity index (χ3n) is 1.05. The van der Waals surface area contributed by atoms with Gasteiger partial charge in [-0.3, -0.25) is 0 Å². The lowest BCUT2D eigenvalue weighted by Gasteiger charge is -1.93. The number of nitrogens with zero attached hydrogens (tertiary/aromatic N) is 2. The third kappa shape index (κ3) is 2.15. The molecule has 0 amide bonds. The minimum absolute atomic E-state index is 0.496. The fourth-order valence-electron chi connectivity index (χ4n) is 0.603. The zero-order valence-electron chi connectivity index (χ0n) is 6.24. The summed E-state index contributed by atoms with van der Waals surface area (Å²) in [6.07, 6.45) is 0.673. The molecule has 13 heavy (non-hydrogen) atoms. The predicted octanol–water partition coefficient (Wildman–Crippen LogP) is 1.11. The van der Waals surface area contributed by atoms with Gasteiger partial charge in [-0.1, -0.05) is 10.2 Å². The van der Waals surface area contributed by atoms with Crippen LogP contribution in [0.3, 0.4) is 0 Å². The lowest BCUT2D eigenvalue weighted by molar-refractivity contribution is -0.0875. The molecule has 1 rings (SSSR count). The van der Waals surface area contributed by atoms with Crippen LogP contribution >= 0.6 is 10.5 Å². The fourth-order valence-corrected chi connectivity index (χ4v) is 3.20. The maximum Gasteiger partial charge on any atom is 0.604 e. The zero-order valence-corrected chi connectivity index (χ0v) is 7.87. The Hall–Kier alpha value is -0.700. The van der Waals surface area contributed by atoms with Gasteiger partial charge in [-0.15, -0.1) is 13.2 Å².